The topological polar surface area (TPSA) is 60.4 Å². The number of ketones is 1. The van der Waals surface area contributed by atoms with Crippen LogP contribution in [0.25, 0.3) is 33.1 Å². The third-order valence-electron chi connectivity index (χ3n) is 4.82. The molecule has 0 unspecified atom stereocenters. The fraction of sp³-hybridized carbons (Fsp3) is 0. The van der Waals surface area contributed by atoms with E-state index in [2.05, 4.69) is 0 Å². The molecule has 0 aliphatic rings. The molecule has 0 amide bonds. The molecule has 0 atom stereocenters. The molecule has 0 radical (unpaired) electrons. The summed E-state index contributed by atoms with van der Waals surface area (Å²) in [5.74, 6) is -0.239. The van der Waals surface area contributed by atoms with E-state index >= 15 is 0 Å². The van der Waals surface area contributed by atoms with Gasteiger partial charge < -0.3 is 8.83 Å². The summed E-state index contributed by atoms with van der Waals surface area (Å²) in [7, 11) is 0. The zero-order valence-electron chi connectivity index (χ0n) is 15.0. The van der Waals surface area contributed by atoms with Gasteiger partial charge in [-0.25, -0.2) is 4.79 Å². The first-order valence-corrected chi connectivity index (χ1v) is 9.35. The highest BCUT2D eigenvalue weighted by atomic mass is 35.5. The molecule has 140 valence electrons. The number of carbonyl (C=O) groups excluding carboxylic acids is 1. The second kappa shape index (κ2) is 6.76. The third-order valence-corrected chi connectivity index (χ3v) is 5.07. The minimum atomic E-state index is -0.545. The van der Waals surface area contributed by atoms with E-state index in [1.54, 1.807) is 42.5 Å². The number of rotatable bonds is 3. The van der Waals surface area contributed by atoms with Crippen molar-refractivity contribution in [1.29, 1.82) is 0 Å². The van der Waals surface area contributed by atoms with Gasteiger partial charge in [-0.05, 0) is 42.0 Å². The number of hydrogen-bond acceptors (Lipinski definition) is 4. The minimum absolute atomic E-state index is 0.0946. The predicted octanol–water partition coefficient (Wildman–Crippen LogP) is 6.09. The van der Waals surface area contributed by atoms with Gasteiger partial charge in [-0.15, -0.1) is 0 Å². The van der Waals surface area contributed by atoms with Crippen LogP contribution in [0.2, 0.25) is 5.02 Å². The fourth-order valence-corrected chi connectivity index (χ4v) is 3.61. The van der Waals surface area contributed by atoms with E-state index in [0.717, 1.165) is 0 Å². The van der Waals surface area contributed by atoms with Crippen LogP contribution in [-0.4, -0.2) is 5.78 Å². The first-order chi connectivity index (χ1) is 14.1. The maximum atomic E-state index is 13.3. The highest BCUT2D eigenvalue weighted by Crippen LogP contribution is 2.37. The van der Waals surface area contributed by atoms with Gasteiger partial charge in [0.1, 0.15) is 11.0 Å². The van der Waals surface area contributed by atoms with Crippen molar-refractivity contribution in [3.05, 3.63) is 106 Å². The fourth-order valence-electron chi connectivity index (χ4n) is 3.48. The first kappa shape index (κ1) is 17.5. The van der Waals surface area contributed by atoms with Gasteiger partial charge in [0.25, 0.3) is 0 Å². The smallest absolute Gasteiger partial charge is 0.348 e. The molecule has 0 fully saturated rings. The standard InChI is InChI=1S/C24H13ClO4/c25-16-12-10-15(11-13-16)21(26)23-19(14-6-2-1-3-7-14)20-22(29-23)17-8-4-5-9-18(17)28-24(20)27/h1-13H. The zero-order chi connectivity index (χ0) is 20.0. The Hall–Kier alpha value is -3.63. The molecular formula is C24H13ClO4. The molecule has 0 saturated heterocycles. The molecule has 29 heavy (non-hydrogen) atoms. The van der Waals surface area contributed by atoms with Gasteiger partial charge in [-0.3, -0.25) is 4.79 Å². The number of halogens is 1. The van der Waals surface area contributed by atoms with E-state index in [4.69, 9.17) is 20.4 Å². The van der Waals surface area contributed by atoms with E-state index < -0.39 is 5.63 Å². The molecule has 5 rings (SSSR count). The van der Waals surface area contributed by atoms with Gasteiger partial charge in [0.2, 0.25) is 5.78 Å². The SMILES string of the molecule is O=C(c1ccc(Cl)cc1)c1oc2c(c1-c1ccccc1)c(=O)oc1ccccc12. The molecule has 0 aliphatic heterocycles. The Balaban J connectivity index is 1.89. The number of hydrogen-bond donors (Lipinski definition) is 0. The Morgan fingerprint density at radius 3 is 2.24 bits per heavy atom. The summed E-state index contributed by atoms with van der Waals surface area (Å²) in [4.78, 5) is 26.1. The number of benzene rings is 3. The van der Waals surface area contributed by atoms with Crippen molar-refractivity contribution in [2.24, 2.45) is 0 Å². The Labute approximate surface area is 169 Å². The molecule has 2 aromatic heterocycles. The molecule has 0 saturated carbocycles. The van der Waals surface area contributed by atoms with Crippen LogP contribution in [-0.2, 0) is 0 Å². The van der Waals surface area contributed by atoms with Crippen LogP contribution in [0.1, 0.15) is 16.1 Å². The lowest BCUT2D eigenvalue weighted by atomic mass is 9.98. The number of carbonyl (C=O) groups is 1. The van der Waals surface area contributed by atoms with Crippen LogP contribution in [0.5, 0.6) is 0 Å². The van der Waals surface area contributed by atoms with Crippen LogP contribution in [0.4, 0.5) is 0 Å². The van der Waals surface area contributed by atoms with Crippen molar-refractivity contribution in [3.8, 4) is 11.1 Å². The van der Waals surface area contributed by atoms with E-state index in [9.17, 15) is 9.59 Å². The lowest BCUT2D eigenvalue weighted by Gasteiger charge is -2.03. The highest BCUT2D eigenvalue weighted by molar-refractivity contribution is 6.30. The van der Waals surface area contributed by atoms with E-state index in [1.807, 2.05) is 36.4 Å². The summed E-state index contributed by atoms with van der Waals surface area (Å²) in [6.07, 6.45) is 0. The zero-order valence-corrected chi connectivity index (χ0v) is 15.8. The van der Waals surface area contributed by atoms with E-state index in [-0.39, 0.29) is 16.9 Å². The monoisotopic (exact) mass is 400 g/mol. The molecule has 0 aliphatic carbocycles. The molecule has 0 bridgehead atoms. The molecule has 2 heterocycles. The Morgan fingerprint density at radius 1 is 0.793 bits per heavy atom. The maximum absolute atomic E-state index is 13.3. The second-order valence-electron chi connectivity index (χ2n) is 6.60. The molecule has 5 heteroatoms. The van der Waals surface area contributed by atoms with Crippen molar-refractivity contribution < 1.29 is 13.6 Å². The van der Waals surface area contributed by atoms with Crippen molar-refractivity contribution in [2.75, 3.05) is 0 Å². The van der Waals surface area contributed by atoms with Gasteiger partial charge in [0.05, 0.1) is 5.39 Å². The van der Waals surface area contributed by atoms with E-state index in [1.165, 1.54) is 0 Å². The summed E-state index contributed by atoms with van der Waals surface area (Å²) < 4.78 is 11.6. The minimum Gasteiger partial charge on any atom is -0.451 e. The Bertz CT molecular complexity index is 1430. The lowest BCUT2D eigenvalue weighted by Crippen LogP contribution is -2.03. The van der Waals surface area contributed by atoms with E-state index in [0.29, 0.717) is 38.3 Å². The van der Waals surface area contributed by atoms with Crippen LogP contribution in [0.3, 0.4) is 0 Å². The average Bonchev–Trinajstić information content (AvgIpc) is 3.16. The highest BCUT2D eigenvalue weighted by Gasteiger charge is 2.27. The first-order valence-electron chi connectivity index (χ1n) is 8.97. The van der Waals surface area contributed by atoms with Crippen molar-refractivity contribution in [3.63, 3.8) is 0 Å². The summed E-state index contributed by atoms with van der Waals surface area (Å²) in [6, 6.07) is 22.9. The summed E-state index contributed by atoms with van der Waals surface area (Å²) >= 11 is 5.95. The van der Waals surface area contributed by atoms with Gasteiger partial charge in [0, 0.05) is 16.1 Å². The second-order valence-corrected chi connectivity index (χ2v) is 7.03. The van der Waals surface area contributed by atoms with Gasteiger partial charge in [-0.1, -0.05) is 54.1 Å². The van der Waals surface area contributed by atoms with Crippen molar-refractivity contribution in [2.45, 2.75) is 0 Å². The Kier molecular flexibility index (Phi) is 4.07. The van der Waals surface area contributed by atoms with Gasteiger partial charge in [0.15, 0.2) is 11.3 Å². The third kappa shape index (κ3) is 2.85. The summed E-state index contributed by atoms with van der Waals surface area (Å²) in [6.45, 7) is 0. The molecule has 3 aromatic carbocycles. The van der Waals surface area contributed by atoms with Gasteiger partial charge in [-0.2, -0.15) is 0 Å². The summed E-state index contributed by atoms with van der Waals surface area (Å²) in [5.41, 5.74) is 1.75. The lowest BCUT2D eigenvalue weighted by molar-refractivity contribution is 0.101. The van der Waals surface area contributed by atoms with Crippen molar-refractivity contribution in [1.82, 2.24) is 0 Å². The molecule has 0 spiro atoms. The van der Waals surface area contributed by atoms with Gasteiger partial charge >= 0.3 is 5.63 Å². The normalized spacial score (nSPS) is 11.2. The molecular weight excluding hydrogens is 388 g/mol. The van der Waals surface area contributed by atoms with Crippen LogP contribution in [0.15, 0.2) is 92.5 Å². The molecule has 4 nitrogen and oxygen atoms in total. The summed E-state index contributed by atoms with van der Waals surface area (Å²) in [5, 5.41) is 1.42. The largest absolute Gasteiger partial charge is 0.451 e. The maximum Gasteiger partial charge on any atom is 0.348 e. The number of furan rings is 1. The average molecular weight is 401 g/mol. The quantitative estimate of drug-likeness (QED) is 0.271. The number of fused-ring (bicyclic) bond motifs is 3. The Morgan fingerprint density at radius 2 is 1.48 bits per heavy atom. The molecule has 0 N–H and O–H groups in total. The van der Waals surface area contributed by atoms with Crippen LogP contribution < -0.4 is 5.63 Å². The van der Waals surface area contributed by atoms with Crippen LogP contribution in [0, 0.1) is 0 Å². The predicted molar refractivity (Wildman–Crippen MR) is 113 cm³/mol. The number of para-hydroxylation sites is 1. The molecule has 5 aromatic rings. The van der Waals surface area contributed by atoms with Crippen LogP contribution >= 0.6 is 11.6 Å². The van der Waals surface area contributed by atoms with Crippen molar-refractivity contribution >= 4 is 39.3 Å².